The Kier molecular flexibility index (Phi) is 8.12. The third-order valence-electron chi connectivity index (χ3n) is 10.2. The Balaban J connectivity index is 1.16. The van der Waals surface area contributed by atoms with E-state index in [1.807, 2.05) is 42.6 Å². The fourth-order valence-electron chi connectivity index (χ4n) is 7.35. The Morgan fingerprint density at radius 1 is 0.309 bits per heavy atom. The number of hydrogen-bond acceptors (Lipinski definition) is 4. The van der Waals surface area contributed by atoms with Gasteiger partial charge in [0.2, 0.25) is 0 Å². The third kappa shape index (κ3) is 6.36. The fourth-order valence-corrected chi connectivity index (χ4v) is 7.35. The van der Waals surface area contributed by atoms with Crippen molar-refractivity contribution in [2.45, 2.75) is 0 Å². The van der Waals surface area contributed by atoms with Crippen LogP contribution in [-0.4, -0.2) is 15.0 Å². The summed E-state index contributed by atoms with van der Waals surface area (Å²) in [5.41, 5.74) is 15.4. The first-order valence-electron chi connectivity index (χ1n) is 18.4. The molecular weight excluding hydrogens is 671 g/mol. The quantitative estimate of drug-likeness (QED) is 0.166. The van der Waals surface area contributed by atoms with Gasteiger partial charge in [-0.15, -0.1) is 0 Å². The summed E-state index contributed by atoms with van der Waals surface area (Å²) in [5.74, 6) is 0.675. The van der Waals surface area contributed by atoms with Gasteiger partial charge in [0.1, 0.15) is 11.2 Å². The first-order valence-corrected chi connectivity index (χ1v) is 18.4. The molecule has 55 heavy (non-hydrogen) atoms. The first kappa shape index (κ1) is 32.2. The normalized spacial score (nSPS) is 11.3. The van der Waals surface area contributed by atoms with Crippen LogP contribution in [0.15, 0.2) is 205 Å². The van der Waals surface area contributed by atoms with Gasteiger partial charge in [0.25, 0.3) is 0 Å². The summed E-state index contributed by atoms with van der Waals surface area (Å²) in [5, 5.41) is 2.20. The minimum atomic E-state index is 0.675. The van der Waals surface area contributed by atoms with Crippen molar-refractivity contribution in [1.82, 2.24) is 15.0 Å². The standard InChI is InChI=1S/C51H33N3O/c1-3-11-34(12-4-1)38-15-9-16-39(27-38)42-28-43(40-24-25-50-46(31-40)45-18-7-8-19-49(45)55-50)30-44(29-42)48-32-47(53-51(54-48)37-13-5-2-6-14-37)36-22-20-35(21-23-36)41-17-10-26-52-33-41/h1-33H. The van der Waals surface area contributed by atoms with E-state index in [4.69, 9.17) is 14.4 Å². The number of para-hydroxylation sites is 1. The van der Waals surface area contributed by atoms with Gasteiger partial charge >= 0.3 is 0 Å². The molecular formula is C51H33N3O. The Hall–Kier alpha value is -7.43. The minimum Gasteiger partial charge on any atom is -0.456 e. The summed E-state index contributed by atoms with van der Waals surface area (Å²) < 4.78 is 6.21. The van der Waals surface area contributed by atoms with Crippen LogP contribution in [0.5, 0.6) is 0 Å². The maximum atomic E-state index is 6.21. The molecule has 7 aromatic carbocycles. The van der Waals surface area contributed by atoms with Gasteiger partial charge in [-0.3, -0.25) is 4.98 Å². The molecule has 0 unspecified atom stereocenters. The number of hydrogen-bond donors (Lipinski definition) is 0. The van der Waals surface area contributed by atoms with Crippen LogP contribution in [0.4, 0.5) is 0 Å². The molecule has 10 rings (SSSR count). The molecule has 4 nitrogen and oxygen atoms in total. The molecule has 3 heterocycles. The number of benzene rings is 7. The van der Waals surface area contributed by atoms with Gasteiger partial charge in [0.05, 0.1) is 11.4 Å². The predicted molar refractivity (Wildman–Crippen MR) is 225 cm³/mol. The fraction of sp³-hybridized carbons (Fsp3) is 0. The van der Waals surface area contributed by atoms with Crippen LogP contribution in [0.25, 0.3) is 100 Å². The lowest BCUT2D eigenvalue weighted by Gasteiger charge is -2.14. The van der Waals surface area contributed by atoms with Crippen LogP contribution in [0.1, 0.15) is 0 Å². The van der Waals surface area contributed by atoms with Crippen molar-refractivity contribution in [2.24, 2.45) is 0 Å². The van der Waals surface area contributed by atoms with E-state index >= 15 is 0 Å². The molecule has 0 amide bonds. The number of pyridine rings is 1. The highest BCUT2D eigenvalue weighted by atomic mass is 16.3. The highest BCUT2D eigenvalue weighted by molar-refractivity contribution is 6.06. The molecule has 0 saturated carbocycles. The van der Waals surface area contributed by atoms with E-state index in [9.17, 15) is 0 Å². The molecule has 0 aliphatic rings. The number of aromatic nitrogens is 3. The van der Waals surface area contributed by atoms with Crippen molar-refractivity contribution >= 4 is 21.9 Å². The molecule has 0 N–H and O–H groups in total. The summed E-state index contributed by atoms with van der Waals surface area (Å²) in [6.07, 6.45) is 3.68. The smallest absolute Gasteiger partial charge is 0.160 e. The second-order valence-electron chi connectivity index (χ2n) is 13.7. The van der Waals surface area contributed by atoms with Gasteiger partial charge in [-0.1, -0.05) is 133 Å². The van der Waals surface area contributed by atoms with Crippen LogP contribution in [0.2, 0.25) is 0 Å². The Bertz CT molecular complexity index is 2950. The average molecular weight is 704 g/mol. The lowest BCUT2D eigenvalue weighted by Crippen LogP contribution is -1.96. The highest BCUT2D eigenvalue weighted by Gasteiger charge is 2.15. The zero-order valence-electron chi connectivity index (χ0n) is 29.8. The first-order chi connectivity index (χ1) is 27.2. The van der Waals surface area contributed by atoms with E-state index in [2.05, 4.69) is 157 Å². The Morgan fingerprint density at radius 3 is 1.58 bits per heavy atom. The molecule has 0 spiro atoms. The molecule has 0 fully saturated rings. The number of rotatable bonds is 7. The molecule has 0 atom stereocenters. The second-order valence-corrected chi connectivity index (χ2v) is 13.7. The van der Waals surface area contributed by atoms with Crippen LogP contribution in [0, 0.1) is 0 Å². The van der Waals surface area contributed by atoms with Crippen molar-refractivity contribution in [2.75, 3.05) is 0 Å². The zero-order valence-corrected chi connectivity index (χ0v) is 29.8. The van der Waals surface area contributed by atoms with E-state index in [1.54, 1.807) is 6.20 Å². The largest absolute Gasteiger partial charge is 0.456 e. The summed E-state index contributed by atoms with van der Waals surface area (Å²) >= 11 is 0. The molecule has 0 bridgehead atoms. The minimum absolute atomic E-state index is 0.675. The van der Waals surface area contributed by atoms with Crippen LogP contribution >= 0.6 is 0 Å². The second kappa shape index (κ2) is 13.8. The lowest BCUT2D eigenvalue weighted by atomic mass is 9.92. The topological polar surface area (TPSA) is 51.8 Å². The van der Waals surface area contributed by atoms with Crippen LogP contribution in [-0.2, 0) is 0 Å². The maximum Gasteiger partial charge on any atom is 0.160 e. The van der Waals surface area contributed by atoms with Crippen molar-refractivity contribution in [3.8, 4) is 78.4 Å². The molecule has 0 saturated heterocycles. The van der Waals surface area contributed by atoms with Gasteiger partial charge in [0.15, 0.2) is 5.82 Å². The van der Waals surface area contributed by atoms with Crippen molar-refractivity contribution in [1.29, 1.82) is 0 Å². The number of fused-ring (bicyclic) bond motifs is 3. The Labute approximate surface area is 319 Å². The summed E-state index contributed by atoms with van der Waals surface area (Å²) in [6, 6.07) is 65.7. The summed E-state index contributed by atoms with van der Waals surface area (Å²) in [4.78, 5) is 14.7. The average Bonchev–Trinajstić information content (AvgIpc) is 3.65. The summed E-state index contributed by atoms with van der Waals surface area (Å²) in [7, 11) is 0. The van der Waals surface area contributed by atoms with E-state index in [1.165, 1.54) is 11.1 Å². The van der Waals surface area contributed by atoms with E-state index in [0.29, 0.717) is 5.82 Å². The molecule has 3 aromatic heterocycles. The zero-order chi connectivity index (χ0) is 36.6. The predicted octanol–water partition coefficient (Wildman–Crippen LogP) is 13.4. The monoisotopic (exact) mass is 703 g/mol. The van der Waals surface area contributed by atoms with Crippen LogP contribution < -0.4 is 0 Å². The molecule has 10 aromatic rings. The van der Waals surface area contributed by atoms with Gasteiger partial charge in [0, 0.05) is 39.9 Å². The van der Waals surface area contributed by atoms with Gasteiger partial charge < -0.3 is 4.42 Å². The number of nitrogens with zero attached hydrogens (tertiary/aromatic N) is 3. The van der Waals surface area contributed by atoms with Gasteiger partial charge in [-0.2, -0.15) is 0 Å². The van der Waals surface area contributed by atoms with Crippen molar-refractivity contribution < 1.29 is 4.42 Å². The molecule has 0 aliphatic carbocycles. The molecule has 258 valence electrons. The lowest BCUT2D eigenvalue weighted by molar-refractivity contribution is 0.669. The van der Waals surface area contributed by atoms with Crippen molar-refractivity contribution in [3.05, 3.63) is 200 Å². The molecule has 4 heteroatoms. The SMILES string of the molecule is c1ccc(-c2cccc(-c3cc(-c4ccc5oc6ccccc6c5c4)cc(-c4cc(-c5ccc(-c6cccnc6)cc5)nc(-c5ccccc5)n4)c3)c2)cc1. The van der Waals surface area contributed by atoms with Crippen LogP contribution in [0.3, 0.4) is 0 Å². The summed E-state index contributed by atoms with van der Waals surface area (Å²) in [6.45, 7) is 0. The molecule has 0 aliphatic heterocycles. The Morgan fingerprint density at radius 2 is 0.836 bits per heavy atom. The highest BCUT2D eigenvalue weighted by Crippen LogP contribution is 2.38. The van der Waals surface area contributed by atoms with E-state index in [0.717, 1.165) is 83.4 Å². The van der Waals surface area contributed by atoms with Gasteiger partial charge in [-0.05, 0) is 99.1 Å². The molecule has 0 radical (unpaired) electrons. The van der Waals surface area contributed by atoms with E-state index in [-0.39, 0.29) is 0 Å². The van der Waals surface area contributed by atoms with Crippen molar-refractivity contribution in [3.63, 3.8) is 0 Å². The number of furan rings is 1. The van der Waals surface area contributed by atoms with Gasteiger partial charge in [-0.25, -0.2) is 9.97 Å². The van der Waals surface area contributed by atoms with E-state index < -0.39 is 0 Å². The third-order valence-corrected chi connectivity index (χ3v) is 10.2. The maximum absolute atomic E-state index is 6.21.